The largest absolute Gasteiger partial charge is 0.482 e. The van der Waals surface area contributed by atoms with E-state index >= 15 is 0 Å². The standard InChI is InChI=1S/C15H15N7O3/c16-13-12-14(22-15(17)21-13)19-6-9(20-12)5-18-8-2-1-3-10(4-8)25-7-11(23)24/h1-4,6,18H,5,7H2,(H,23,24)(H4,16,17,19,21,22). The molecule has 0 aliphatic rings. The molecule has 0 aliphatic carbocycles. The molecule has 10 heteroatoms. The summed E-state index contributed by atoms with van der Waals surface area (Å²) >= 11 is 0. The summed E-state index contributed by atoms with van der Waals surface area (Å²) in [6.07, 6.45) is 1.56. The fraction of sp³-hybridized carbons (Fsp3) is 0.133. The molecule has 0 fully saturated rings. The molecule has 10 nitrogen and oxygen atoms in total. The van der Waals surface area contributed by atoms with Crippen molar-refractivity contribution in [3.05, 3.63) is 36.2 Å². The third kappa shape index (κ3) is 3.99. The number of carboxylic acid groups (broad SMARTS) is 1. The Morgan fingerprint density at radius 2 is 2.08 bits per heavy atom. The van der Waals surface area contributed by atoms with Crippen LogP contribution in [0, 0.1) is 0 Å². The summed E-state index contributed by atoms with van der Waals surface area (Å²) in [5.41, 5.74) is 13.4. The monoisotopic (exact) mass is 341 g/mol. The number of nitrogens with two attached hydrogens (primary N) is 2. The predicted molar refractivity (Wildman–Crippen MR) is 90.9 cm³/mol. The van der Waals surface area contributed by atoms with Crippen LogP contribution in [0.1, 0.15) is 5.69 Å². The van der Waals surface area contributed by atoms with Gasteiger partial charge in [-0.3, -0.25) is 0 Å². The zero-order valence-electron chi connectivity index (χ0n) is 13.0. The van der Waals surface area contributed by atoms with E-state index in [0.29, 0.717) is 29.2 Å². The van der Waals surface area contributed by atoms with Gasteiger partial charge < -0.3 is 26.6 Å². The van der Waals surface area contributed by atoms with Gasteiger partial charge in [0.15, 0.2) is 23.6 Å². The molecule has 3 aromatic rings. The van der Waals surface area contributed by atoms with Crippen molar-refractivity contribution in [2.75, 3.05) is 23.4 Å². The summed E-state index contributed by atoms with van der Waals surface area (Å²) in [5.74, 6) is -0.375. The van der Waals surface area contributed by atoms with E-state index in [1.54, 1.807) is 24.4 Å². The van der Waals surface area contributed by atoms with E-state index in [1.165, 1.54) is 0 Å². The molecule has 0 amide bonds. The molecule has 0 bridgehead atoms. The number of carbonyl (C=O) groups is 1. The first-order chi connectivity index (χ1) is 12.0. The number of ether oxygens (including phenoxy) is 1. The lowest BCUT2D eigenvalue weighted by Gasteiger charge is -2.09. The molecule has 0 unspecified atom stereocenters. The quantitative estimate of drug-likeness (QED) is 0.501. The van der Waals surface area contributed by atoms with E-state index in [9.17, 15) is 4.79 Å². The highest BCUT2D eigenvalue weighted by Crippen LogP contribution is 2.19. The van der Waals surface area contributed by atoms with Crippen molar-refractivity contribution >= 4 is 34.6 Å². The lowest BCUT2D eigenvalue weighted by Crippen LogP contribution is -2.09. The summed E-state index contributed by atoms with van der Waals surface area (Å²) in [5, 5.41) is 11.8. The number of hydrogen-bond acceptors (Lipinski definition) is 9. The number of nitrogens with zero attached hydrogens (tertiary/aromatic N) is 4. The number of benzene rings is 1. The van der Waals surface area contributed by atoms with Crippen molar-refractivity contribution in [2.24, 2.45) is 0 Å². The van der Waals surface area contributed by atoms with Crippen molar-refractivity contribution < 1.29 is 14.6 Å². The number of nitrogens with one attached hydrogen (secondary N) is 1. The number of rotatable bonds is 6. The van der Waals surface area contributed by atoms with Crippen LogP contribution in [0.3, 0.4) is 0 Å². The van der Waals surface area contributed by atoms with Gasteiger partial charge in [0.2, 0.25) is 5.95 Å². The third-order valence-electron chi connectivity index (χ3n) is 3.17. The van der Waals surface area contributed by atoms with Crippen LogP contribution in [0.4, 0.5) is 17.5 Å². The zero-order chi connectivity index (χ0) is 17.8. The Hall–Kier alpha value is -3.69. The average Bonchev–Trinajstić information content (AvgIpc) is 2.58. The Bertz CT molecular complexity index is 932. The number of hydrogen-bond donors (Lipinski definition) is 4. The Labute approximate surface area is 141 Å². The van der Waals surface area contributed by atoms with E-state index in [-0.39, 0.29) is 11.8 Å². The van der Waals surface area contributed by atoms with Gasteiger partial charge in [0.05, 0.1) is 18.4 Å². The molecule has 0 aliphatic heterocycles. The van der Waals surface area contributed by atoms with E-state index in [1.807, 2.05) is 6.07 Å². The normalized spacial score (nSPS) is 10.6. The van der Waals surface area contributed by atoms with Crippen molar-refractivity contribution in [2.45, 2.75) is 6.54 Å². The molecular weight excluding hydrogens is 326 g/mol. The molecule has 0 atom stereocenters. The number of fused-ring (bicyclic) bond motifs is 1. The van der Waals surface area contributed by atoms with Crippen LogP contribution in [-0.4, -0.2) is 37.6 Å². The predicted octanol–water partition coefficient (Wildman–Crippen LogP) is 0.660. The van der Waals surface area contributed by atoms with E-state index in [0.717, 1.165) is 5.69 Å². The molecule has 0 spiro atoms. The first-order valence-corrected chi connectivity index (χ1v) is 7.24. The maximum absolute atomic E-state index is 10.5. The van der Waals surface area contributed by atoms with Crippen LogP contribution in [-0.2, 0) is 11.3 Å². The van der Waals surface area contributed by atoms with Crippen molar-refractivity contribution in [3.8, 4) is 5.75 Å². The Morgan fingerprint density at radius 3 is 2.88 bits per heavy atom. The molecule has 3 rings (SSSR count). The third-order valence-corrected chi connectivity index (χ3v) is 3.17. The lowest BCUT2D eigenvalue weighted by atomic mass is 10.3. The summed E-state index contributed by atoms with van der Waals surface area (Å²) in [6.45, 7) is -0.0306. The molecule has 25 heavy (non-hydrogen) atoms. The number of aliphatic carboxylic acids is 1. The number of nitrogen functional groups attached to an aromatic ring is 2. The SMILES string of the molecule is Nc1nc(N)c2nc(CNc3cccc(OCC(=O)O)c3)cnc2n1. The van der Waals surface area contributed by atoms with E-state index < -0.39 is 12.6 Å². The second-order valence-corrected chi connectivity index (χ2v) is 5.06. The van der Waals surface area contributed by atoms with Crippen LogP contribution in [0.5, 0.6) is 5.75 Å². The minimum absolute atomic E-state index is 0.0448. The number of aromatic nitrogens is 4. The first-order valence-electron chi connectivity index (χ1n) is 7.24. The zero-order valence-corrected chi connectivity index (χ0v) is 13.0. The molecule has 2 heterocycles. The molecule has 6 N–H and O–H groups in total. The van der Waals surface area contributed by atoms with Gasteiger partial charge in [-0.1, -0.05) is 6.07 Å². The minimum atomic E-state index is -1.04. The molecule has 0 saturated carbocycles. The molecule has 2 aromatic heterocycles. The van der Waals surface area contributed by atoms with Gasteiger partial charge in [-0.25, -0.2) is 14.8 Å². The van der Waals surface area contributed by atoms with Gasteiger partial charge in [0.1, 0.15) is 5.75 Å². The molecule has 128 valence electrons. The summed E-state index contributed by atoms with van der Waals surface area (Å²) in [6, 6.07) is 6.93. The minimum Gasteiger partial charge on any atom is -0.482 e. The van der Waals surface area contributed by atoms with E-state index in [2.05, 4.69) is 25.3 Å². The smallest absolute Gasteiger partial charge is 0.341 e. The second kappa shape index (κ2) is 6.83. The first kappa shape index (κ1) is 16.2. The van der Waals surface area contributed by atoms with Gasteiger partial charge in [-0.2, -0.15) is 9.97 Å². The van der Waals surface area contributed by atoms with Crippen LogP contribution >= 0.6 is 0 Å². The lowest BCUT2D eigenvalue weighted by molar-refractivity contribution is -0.139. The maximum atomic E-state index is 10.5. The van der Waals surface area contributed by atoms with Gasteiger partial charge in [0.25, 0.3) is 0 Å². The number of anilines is 3. The Morgan fingerprint density at radius 1 is 1.24 bits per heavy atom. The van der Waals surface area contributed by atoms with E-state index in [4.69, 9.17) is 21.3 Å². The van der Waals surface area contributed by atoms with Gasteiger partial charge >= 0.3 is 5.97 Å². The highest BCUT2D eigenvalue weighted by Gasteiger charge is 2.08. The molecule has 1 aromatic carbocycles. The van der Waals surface area contributed by atoms with Crippen LogP contribution in [0.15, 0.2) is 30.5 Å². The summed E-state index contributed by atoms with van der Waals surface area (Å²) in [4.78, 5) is 26.9. The Balaban J connectivity index is 1.72. The van der Waals surface area contributed by atoms with Gasteiger partial charge in [-0.15, -0.1) is 0 Å². The van der Waals surface area contributed by atoms with Crippen molar-refractivity contribution in [3.63, 3.8) is 0 Å². The van der Waals surface area contributed by atoms with Crippen molar-refractivity contribution in [1.29, 1.82) is 0 Å². The maximum Gasteiger partial charge on any atom is 0.341 e. The average molecular weight is 341 g/mol. The Kier molecular flexibility index (Phi) is 4.42. The fourth-order valence-electron chi connectivity index (χ4n) is 2.10. The molecule has 0 radical (unpaired) electrons. The summed E-state index contributed by atoms with van der Waals surface area (Å²) < 4.78 is 5.13. The second-order valence-electron chi connectivity index (χ2n) is 5.06. The van der Waals surface area contributed by atoms with Gasteiger partial charge in [-0.05, 0) is 12.1 Å². The van der Waals surface area contributed by atoms with Crippen LogP contribution in [0.2, 0.25) is 0 Å². The van der Waals surface area contributed by atoms with Crippen LogP contribution in [0.25, 0.3) is 11.2 Å². The molecular formula is C15H15N7O3. The topological polar surface area (TPSA) is 162 Å². The van der Waals surface area contributed by atoms with Gasteiger partial charge in [0, 0.05) is 11.8 Å². The molecule has 0 saturated heterocycles. The number of carboxylic acids is 1. The fourth-order valence-corrected chi connectivity index (χ4v) is 2.10. The highest BCUT2D eigenvalue weighted by molar-refractivity contribution is 5.81. The highest BCUT2D eigenvalue weighted by atomic mass is 16.5. The summed E-state index contributed by atoms with van der Waals surface area (Å²) in [7, 11) is 0. The van der Waals surface area contributed by atoms with Crippen LogP contribution < -0.4 is 21.5 Å². The van der Waals surface area contributed by atoms with Crippen molar-refractivity contribution in [1.82, 2.24) is 19.9 Å².